The van der Waals surface area contributed by atoms with Gasteiger partial charge in [0.15, 0.2) is 12.5 Å². The van der Waals surface area contributed by atoms with E-state index in [1.807, 2.05) is 20.8 Å². The van der Waals surface area contributed by atoms with Crippen LogP contribution in [0, 0.1) is 0 Å². The molecule has 0 atom stereocenters. The van der Waals surface area contributed by atoms with Crippen molar-refractivity contribution in [2.24, 2.45) is 0 Å². The number of rotatable bonds is 0. The molecule has 2 rings (SSSR count). The van der Waals surface area contributed by atoms with Crippen molar-refractivity contribution in [2.45, 2.75) is 26.2 Å². The summed E-state index contributed by atoms with van der Waals surface area (Å²) in [5.74, 6) is 0.272. The summed E-state index contributed by atoms with van der Waals surface area (Å²) in [5, 5.41) is 0. The zero-order chi connectivity index (χ0) is 11.9. The second-order valence-electron chi connectivity index (χ2n) is 4.86. The number of hydrogen-bond acceptors (Lipinski definition) is 3. The van der Waals surface area contributed by atoms with E-state index >= 15 is 0 Å². The Bertz CT molecular complexity index is 440. The molecule has 82 valence electrons. The third-order valence-corrected chi connectivity index (χ3v) is 2.49. The minimum Gasteiger partial charge on any atom is -0.472 e. The molecular formula is C11H13BN2O2. The van der Waals surface area contributed by atoms with E-state index in [0.29, 0.717) is 11.3 Å². The molecule has 5 heteroatoms. The summed E-state index contributed by atoms with van der Waals surface area (Å²) >= 11 is 0. The van der Waals surface area contributed by atoms with Crippen LogP contribution in [-0.4, -0.2) is 30.4 Å². The summed E-state index contributed by atoms with van der Waals surface area (Å²) in [6.07, 6.45) is 1.58. The predicted molar refractivity (Wildman–Crippen MR) is 60.4 cm³/mol. The lowest BCUT2D eigenvalue weighted by atomic mass is 9.90. The quantitative estimate of drug-likeness (QED) is 0.613. The maximum absolute atomic E-state index is 11.8. The van der Waals surface area contributed by atoms with E-state index in [4.69, 9.17) is 12.7 Å². The third kappa shape index (κ3) is 1.77. The molecule has 1 aromatic heterocycles. The summed E-state index contributed by atoms with van der Waals surface area (Å²) < 4.78 is 5.29. The number of amides is 1. The Balaban J connectivity index is 2.49. The number of pyridine rings is 1. The van der Waals surface area contributed by atoms with Crippen LogP contribution in [0.15, 0.2) is 12.3 Å². The van der Waals surface area contributed by atoms with E-state index in [1.165, 1.54) is 0 Å². The first-order valence-electron chi connectivity index (χ1n) is 5.09. The van der Waals surface area contributed by atoms with E-state index in [0.717, 1.165) is 10.5 Å². The molecule has 0 unspecified atom stereocenters. The number of carbonyl (C=O) groups is 1. The highest BCUT2D eigenvalue weighted by Gasteiger charge is 2.25. The van der Waals surface area contributed by atoms with E-state index in [-0.39, 0.29) is 18.1 Å². The van der Waals surface area contributed by atoms with Gasteiger partial charge in [-0.1, -0.05) is 20.8 Å². The molecule has 0 saturated carbocycles. The third-order valence-electron chi connectivity index (χ3n) is 2.49. The van der Waals surface area contributed by atoms with Crippen molar-refractivity contribution >= 4 is 13.9 Å². The fourth-order valence-electron chi connectivity index (χ4n) is 1.49. The first-order chi connectivity index (χ1) is 7.39. The highest BCUT2D eigenvalue weighted by molar-refractivity contribution is 6.19. The number of hydrogen-bond donors (Lipinski definition) is 0. The second-order valence-corrected chi connectivity index (χ2v) is 4.86. The normalized spacial score (nSPS) is 15.7. The SMILES string of the molecule is [B]N1COc2cnc(C(C)(C)C)cc2C1=O. The molecule has 0 N–H and O–H groups in total. The van der Waals surface area contributed by atoms with Gasteiger partial charge in [-0.3, -0.25) is 9.78 Å². The smallest absolute Gasteiger partial charge is 0.247 e. The Morgan fingerprint density at radius 3 is 2.81 bits per heavy atom. The molecule has 2 radical (unpaired) electrons. The van der Waals surface area contributed by atoms with Crippen molar-refractivity contribution in [3.8, 4) is 5.75 Å². The lowest BCUT2D eigenvalue weighted by Gasteiger charge is -2.27. The number of fused-ring (bicyclic) bond motifs is 1. The van der Waals surface area contributed by atoms with Crippen LogP contribution in [0.4, 0.5) is 0 Å². The van der Waals surface area contributed by atoms with Gasteiger partial charge in [-0.2, -0.15) is 0 Å². The Morgan fingerprint density at radius 2 is 2.19 bits per heavy atom. The van der Waals surface area contributed by atoms with Crippen LogP contribution >= 0.6 is 0 Å². The molecule has 0 spiro atoms. The van der Waals surface area contributed by atoms with E-state index in [1.54, 1.807) is 12.3 Å². The first-order valence-corrected chi connectivity index (χ1v) is 5.09. The minimum absolute atomic E-state index is 0.0718. The Morgan fingerprint density at radius 1 is 1.50 bits per heavy atom. The number of ether oxygens (including phenoxy) is 1. The van der Waals surface area contributed by atoms with Crippen LogP contribution in [0.3, 0.4) is 0 Å². The first kappa shape index (κ1) is 11.0. The van der Waals surface area contributed by atoms with Gasteiger partial charge in [-0.05, 0) is 6.07 Å². The lowest BCUT2D eigenvalue weighted by molar-refractivity contribution is 0.0721. The number of carbonyl (C=O) groups excluding carboxylic acids is 1. The predicted octanol–water partition coefficient (Wildman–Crippen LogP) is 1.25. The van der Waals surface area contributed by atoms with Crippen LogP contribution in [0.25, 0.3) is 0 Å². The highest BCUT2D eigenvalue weighted by atomic mass is 16.5. The molecule has 4 nitrogen and oxygen atoms in total. The van der Waals surface area contributed by atoms with Gasteiger partial charge >= 0.3 is 0 Å². The standard InChI is InChI=1S/C11H13BN2O2/c1-11(2,3)9-4-7-8(5-13-9)16-6-14(12)10(7)15/h4-5H,6H2,1-3H3. The molecule has 0 aliphatic carbocycles. The monoisotopic (exact) mass is 216 g/mol. The van der Waals surface area contributed by atoms with Gasteiger partial charge in [0.1, 0.15) is 0 Å². The molecule has 0 aromatic carbocycles. The summed E-state index contributed by atoms with van der Waals surface area (Å²) in [5.41, 5.74) is 1.22. The molecule has 1 aromatic rings. The maximum Gasteiger partial charge on any atom is 0.247 e. The summed E-state index contributed by atoms with van der Waals surface area (Å²) in [7, 11) is 5.49. The van der Waals surface area contributed by atoms with Crippen molar-refractivity contribution in [3.05, 3.63) is 23.5 Å². The summed E-state index contributed by atoms with van der Waals surface area (Å²) in [6, 6.07) is 1.75. The van der Waals surface area contributed by atoms with Crippen LogP contribution in [0.5, 0.6) is 5.75 Å². The van der Waals surface area contributed by atoms with Crippen LogP contribution in [0.2, 0.25) is 0 Å². The van der Waals surface area contributed by atoms with Gasteiger partial charge in [0.05, 0.1) is 11.8 Å². The molecular weight excluding hydrogens is 203 g/mol. The van der Waals surface area contributed by atoms with Gasteiger partial charge in [-0.25, -0.2) is 0 Å². The van der Waals surface area contributed by atoms with Gasteiger partial charge in [0, 0.05) is 11.1 Å². The van der Waals surface area contributed by atoms with Gasteiger partial charge < -0.3 is 9.55 Å². The molecule has 16 heavy (non-hydrogen) atoms. The average Bonchev–Trinajstić information content (AvgIpc) is 2.22. The van der Waals surface area contributed by atoms with Gasteiger partial charge in [0.2, 0.25) is 13.9 Å². The molecule has 1 aliphatic heterocycles. The van der Waals surface area contributed by atoms with Gasteiger partial charge in [0.25, 0.3) is 0 Å². The molecule has 2 heterocycles. The Labute approximate surface area is 96.0 Å². The molecule has 1 amide bonds. The van der Waals surface area contributed by atoms with Crippen molar-refractivity contribution in [2.75, 3.05) is 6.73 Å². The average molecular weight is 216 g/mol. The second kappa shape index (κ2) is 3.51. The van der Waals surface area contributed by atoms with Crippen LogP contribution in [0.1, 0.15) is 36.8 Å². The number of nitrogens with zero attached hydrogens (tertiary/aromatic N) is 2. The molecule has 0 saturated heterocycles. The topological polar surface area (TPSA) is 42.4 Å². The largest absolute Gasteiger partial charge is 0.472 e. The molecule has 1 aliphatic rings. The fourth-order valence-corrected chi connectivity index (χ4v) is 1.49. The molecule has 0 fully saturated rings. The van der Waals surface area contributed by atoms with Crippen molar-refractivity contribution < 1.29 is 9.53 Å². The van der Waals surface area contributed by atoms with Gasteiger partial charge in [-0.15, -0.1) is 0 Å². The van der Waals surface area contributed by atoms with Crippen molar-refractivity contribution in [1.29, 1.82) is 0 Å². The maximum atomic E-state index is 11.8. The van der Waals surface area contributed by atoms with E-state index in [9.17, 15) is 4.79 Å². The molecule has 0 bridgehead atoms. The fraction of sp³-hybridized carbons (Fsp3) is 0.455. The van der Waals surface area contributed by atoms with Crippen molar-refractivity contribution in [1.82, 2.24) is 9.79 Å². The summed E-state index contributed by atoms with van der Waals surface area (Å²) in [4.78, 5) is 17.1. The van der Waals surface area contributed by atoms with Crippen LogP contribution < -0.4 is 4.74 Å². The lowest BCUT2D eigenvalue weighted by Crippen LogP contribution is -2.36. The van der Waals surface area contributed by atoms with Crippen LogP contribution in [-0.2, 0) is 5.41 Å². The van der Waals surface area contributed by atoms with Crippen molar-refractivity contribution in [3.63, 3.8) is 0 Å². The highest BCUT2D eigenvalue weighted by Crippen LogP contribution is 2.28. The van der Waals surface area contributed by atoms with E-state index < -0.39 is 0 Å². The Hall–Kier alpha value is -1.52. The van der Waals surface area contributed by atoms with E-state index in [2.05, 4.69) is 4.98 Å². The minimum atomic E-state index is -0.228. The zero-order valence-corrected chi connectivity index (χ0v) is 9.65. The summed E-state index contributed by atoms with van der Waals surface area (Å²) in [6.45, 7) is 6.19. The zero-order valence-electron chi connectivity index (χ0n) is 9.65. The number of aromatic nitrogens is 1. The Kier molecular flexibility index (Phi) is 2.41.